The highest BCUT2D eigenvalue weighted by Gasteiger charge is 2.11. The van der Waals surface area contributed by atoms with Crippen LogP contribution >= 0.6 is 11.3 Å². The first-order chi connectivity index (χ1) is 10.7. The van der Waals surface area contributed by atoms with Gasteiger partial charge in [0.05, 0.1) is 18.3 Å². The van der Waals surface area contributed by atoms with Crippen LogP contribution in [0.15, 0.2) is 60.4 Å². The van der Waals surface area contributed by atoms with E-state index < -0.39 is 0 Å². The lowest BCUT2D eigenvalue weighted by atomic mass is 10.1. The summed E-state index contributed by atoms with van der Waals surface area (Å²) in [5.41, 5.74) is 2.63. The molecule has 0 aliphatic rings. The molecular weight excluding hydrogens is 294 g/mol. The molecule has 5 heteroatoms. The molecule has 0 saturated heterocycles. The van der Waals surface area contributed by atoms with Crippen LogP contribution in [0.4, 0.5) is 11.4 Å². The quantitative estimate of drug-likeness (QED) is 0.674. The van der Waals surface area contributed by atoms with Gasteiger partial charge in [0.15, 0.2) is 5.78 Å². The van der Waals surface area contributed by atoms with Gasteiger partial charge in [0.25, 0.3) is 0 Å². The Balaban J connectivity index is 1.82. The minimum absolute atomic E-state index is 0.0800. The fourth-order valence-electron chi connectivity index (χ4n) is 2.17. The summed E-state index contributed by atoms with van der Waals surface area (Å²) in [7, 11) is 1.96. The second-order valence-electron chi connectivity index (χ2n) is 4.85. The average molecular weight is 309 g/mol. The number of ketones is 1. The first-order valence-electron chi connectivity index (χ1n) is 6.89. The molecule has 22 heavy (non-hydrogen) atoms. The molecule has 0 unspecified atom stereocenters. The fraction of sp³-hybridized carbons (Fsp3) is 0.118. The molecule has 0 aliphatic heterocycles. The Morgan fingerprint density at radius 3 is 2.77 bits per heavy atom. The Bertz CT molecular complexity index is 757. The van der Waals surface area contributed by atoms with Crippen molar-refractivity contribution in [3.05, 3.63) is 70.9 Å². The van der Waals surface area contributed by atoms with Crippen LogP contribution in [-0.2, 0) is 6.42 Å². The number of hydrogen-bond acceptors (Lipinski definition) is 5. The van der Waals surface area contributed by atoms with Crippen LogP contribution in [-0.4, -0.2) is 22.8 Å². The molecule has 0 N–H and O–H groups in total. The molecule has 0 amide bonds. The number of benzene rings is 1. The monoisotopic (exact) mass is 309 g/mol. The smallest absolute Gasteiger partial charge is 0.169 e. The lowest BCUT2D eigenvalue weighted by Gasteiger charge is -2.19. The van der Waals surface area contributed by atoms with Crippen molar-refractivity contribution in [2.75, 3.05) is 11.9 Å². The predicted octanol–water partition coefficient (Wildman–Crippen LogP) is 3.73. The molecule has 2 aromatic heterocycles. The highest BCUT2D eigenvalue weighted by atomic mass is 32.1. The summed E-state index contributed by atoms with van der Waals surface area (Å²) >= 11 is 1.50. The number of carbonyl (C=O) groups excluding carboxylic acids is 1. The fourth-order valence-corrected chi connectivity index (χ4v) is 2.78. The van der Waals surface area contributed by atoms with Crippen LogP contribution in [0.25, 0.3) is 0 Å². The molecule has 0 aliphatic carbocycles. The van der Waals surface area contributed by atoms with Gasteiger partial charge in [-0.25, -0.2) is 4.98 Å². The van der Waals surface area contributed by atoms with E-state index in [0.717, 1.165) is 16.4 Å². The topological polar surface area (TPSA) is 46.1 Å². The minimum atomic E-state index is 0.0800. The Labute approximate surface area is 133 Å². The average Bonchev–Trinajstić information content (AvgIpc) is 3.08. The Hall–Kier alpha value is -2.53. The van der Waals surface area contributed by atoms with Crippen molar-refractivity contribution in [3.8, 4) is 0 Å². The maximum Gasteiger partial charge on any atom is 0.169 e. The van der Waals surface area contributed by atoms with Gasteiger partial charge in [-0.1, -0.05) is 12.1 Å². The second kappa shape index (κ2) is 6.49. The number of hydrogen-bond donors (Lipinski definition) is 0. The van der Waals surface area contributed by atoms with Crippen molar-refractivity contribution in [3.63, 3.8) is 0 Å². The van der Waals surface area contributed by atoms with Gasteiger partial charge >= 0.3 is 0 Å². The van der Waals surface area contributed by atoms with E-state index in [0.29, 0.717) is 12.0 Å². The number of nitrogens with zero attached hydrogens (tertiary/aromatic N) is 3. The Morgan fingerprint density at radius 2 is 2.05 bits per heavy atom. The number of carbonyl (C=O) groups is 1. The molecule has 0 radical (unpaired) electrons. The lowest BCUT2D eigenvalue weighted by Crippen LogP contribution is -2.11. The van der Waals surface area contributed by atoms with Gasteiger partial charge in [-0.3, -0.25) is 9.78 Å². The molecule has 0 atom stereocenters. The van der Waals surface area contributed by atoms with Gasteiger partial charge in [0.1, 0.15) is 5.01 Å². The van der Waals surface area contributed by atoms with Crippen LogP contribution in [0.5, 0.6) is 0 Å². The van der Waals surface area contributed by atoms with Gasteiger partial charge in [0, 0.05) is 36.1 Å². The first kappa shape index (κ1) is 14.4. The molecule has 0 spiro atoms. The van der Waals surface area contributed by atoms with Crippen LogP contribution in [0.3, 0.4) is 0 Å². The maximum absolute atomic E-state index is 12.4. The third-order valence-corrected chi connectivity index (χ3v) is 4.16. The summed E-state index contributed by atoms with van der Waals surface area (Å²) in [6.07, 6.45) is 5.60. The van der Waals surface area contributed by atoms with Crippen molar-refractivity contribution < 1.29 is 4.79 Å². The number of rotatable bonds is 5. The van der Waals surface area contributed by atoms with Crippen LogP contribution < -0.4 is 4.90 Å². The SMILES string of the molecule is CN(c1cccnc1)c1cccc(C(=O)Cc2nccs2)c1. The van der Waals surface area contributed by atoms with E-state index >= 15 is 0 Å². The minimum Gasteiger partial charge on any atom is -0.343 e. The van der Waals surface area contributed by atoms with Crippen LogP contribution in [0, 0.1) is 0 Å². The molecule has 4 nitrogen and oxygen atoms in total. The van der Waals surface area contributed by atoms with E-state index in [1.54, 1.807) is 18.6 Å². The molecular formula is C17H15N3OS. The van der Waals surface area contributed by atoms with Crippen molar-refractivity contribution in [2.24, 2.45) is 0 Å². The molecule has 110 valence electrons. The summed E-state index contributed by atoms with van der Waals surface area (Å²) in [5.74, 6) is 0.0800. The molecule has 1 aromatic carbocycles. The number of anilines is 2. The van der Waals surface area contributed by atoms with Crippen molar-refractivity contribution in [2.45, 2.75) is 6.42 Å². The second-order valence-corrected chi connectivity index (χ2v) is 5.83. The zero-order valence-corrected chi connectivity index (χ0v) is 13.0. The van der Waals surface area contributed by atoms with E-state index in [2.05, 4.69) is 9.97 Å². The highest BCUT2D eigenvalue weighted by Crippen LogP contribution is 2.24. The maximum atomic E-state index is 12.4. The third-order valence-electron chi connectivity index (χ3n) is 3.38. The van der Waals surface area contributed by atoms with Crippen LogP contribution in [0.2, 0.25) is 0 Å². The van der Waals surface area contributed by atoms with Crippen LogP contribution in [0.1, 0.15) is 15.4 Å². The standard InChI is InChI=1S/C17H15N3OS/c1-20(15-6-3-7-18-12-15)14-5-2-4-13(10-14)16(21)11-17-19-8-9-22-17/h2-10,12H,11H2,1H3. The molecule has 0 saturated carbocycles. The van der Waals surface area contributed by atoms with Gasteiger partial charge in [-0.2, -0.15) is 0 Å². The number of thiazole rings is 1. The zero-order valence-electron chi connectivity index (χ0n) is 12.1. The molecule has 0 fully saturated rings. The van der Waals surface area contributed by atoms with Gasteiger partial charge in [-0.05, 0) is 24.3 Å². The van der Waals surface area contributed by atoms with Gasteiger partial charge < -0.3 is 4.90 Å². The normalized spacial score (nSPS) is 10.4. The van der Waals surface area contributed by atoms with Gasteiger partial charge in [-0.15, -0.1) is 11.3 Å². The Kier molecular flexibility index (Phi) is 4.25. The van der Waals surface area contributed by atoms with Crippen molar-refractivity contribution in [1.29, 1.82) is 0 Å². The largest absolute Gasteiger partial charge is 0.343 e. The number of aromatic nitrogens is 2. The number of Topliss-reactive ketones (excluding diaryl/α,β-unsaturated/α-hetero) is 1. The van der Waals surface area contributed by atoms with E-state index in [-0.39, 0.29) is 5.78 Å². The van der Waals surface area contributed by atoms with Crippen molar-refractivity contribution in [1.82, 2.24) is 9.97 Å². The van der Waals surface area contributed by atoms with E-state index in [4.69, 9.17) is 0 Å². The number of pyridine rings is 1. The summed E-state index contributed by atoms with van der Waals surface area (Å²) in [6.45, 7) is 0. The van der Waals surface area contributed by atoms with Gasteiger partial charge in [0.2, 0.25) is 0 Å². The zero-order chi connectivity index (χ0) is 15.4. The molecule has 2 heterocycles. The summed E-state index contributed by atoms with van der Waals surface area (Å²) in [4.78, 5) is 22.7. The third kappa shape index (κ3) is 3.20. The molecule has 3 aromatic rings. The van der Waals surface area contributed by atoms with E-state index in [1.165, 1.54) is 11.3 Å². The van der Waals surface area contributed by atoms with E-state index in [1.807, 2.05) is 53.7 Å². The first-order valence-corrected chi connectivity index (χ1v) is 7.77. The molecule has 3 rings (SSSR count). The molecule has 0 bridgehead atoms. The van der Waals surface area contributed by atoms with E-state index in [9.17, 15) is 4.79 Å². The summed E-state index contributed by atoms with van der Waals surface area (Å²) < 4.78 is 0. The van der Waals surface area contributed by atoms with Crippen molar-refractivity contribution >= 4 is 28.5 Å². The summed E-state index contributed by atoms with van der Waals surface area (Å²) in [5, 5.41) is 2.73. The lowest BCUT2D eigenvalue weighted by molar-refractivity contribution is 0.0993. The summed E-state index contributed by atoms with van der Waals surface area (Å²) in [6, 6.07) is 11.5. The predicted molar refractivity (Wildman–Crippen MR) is 88.9 cm³/mol. The Morgan fingerprint density at radius 1 is 1.18 bits per heavy atom. The highest BCUT2D eigenvalue weighted by molar-refractivity contribution is 7.09.